The second-order valence-corrected chi connectivity index (χ2v) is 7.71. The molecular formula is C20H18Cl2N4O2. The molecule has 3 rings (SSSR count). The van der Waals surface area contributed by atoms with E-state index in [1.165, 1.54) is 0 Å². The van der Waals surface area contributed by atoms with Gasteiger partial charge in [0.25, 0.3) is 0 Å². The van der Waals surface area contributed by atoms with Crippen molar-refractivity contribution >= 4 is 28.9 Å². The van der Waals surface area contributed by atoms with E-state index < -0.39 is 11.6 Å². The molecule has 8 heteroatoms. The Balaban J connectivity index is 1.96. The Morgan fingerprint density at radius 3 is 2.43 bits per heavy atom. The minimum absolute atomic E-state index is 0.220. The summed E-state index contributed by atoms with van der Waals surface area (Å²) < 4.78 is 5.81. The van der Waals surface area contributed by atoms with Crippen LogP contribution >= 0.6 is 23.2 Å². The number of nitrogens with one attached hydrogen (secondary N) is 1. The van der Waals surface area contributed by atoms with E-state index in [-0.39, 0.29) is 5.89 Å². The van der Waals surface area contributed by atoms with E-state index in [0.717, 1.165) is 5.56 Å². The second kappa shape index (κ2) is 7.80. The zero-order chi connectivity index (χ0) is 20.5. The Kier molecular flexibility index (Phi) is 5.61. The number of halogens is 2. The summed E-state index contributed by atoms with van der Waals surface area (Å²) in [6.45, 7) is 5.06. The lowest BCUT2D eigenvalue weighted by Gasteiger charge is -2.29. The summed E-state index contributed by atoms with van der Waals surface area (Å²) in [5.41, 5.74) is 1.22. The molecule has 0 bridgehead atoms. The van der Waals surface area contributed by atoms with Crippen LogP contribution in [0, 0.1) is 18.3 Å². The molecule has 0 unspecified atom stereocenters. The monoisotopic (exact) mass is 416 g/mol. The molecule has 0 fully saturated rings. The molecule has 1 heterocycles. The fourth-order valence-electron chi connectivity index (χ4n) is 2.68. The van der Waals surface area contributed by atoms with Gasteiger partial charge < -0.3 is 14.8 Å². The van der Waals surface area contributed by atoms with Crippen LogP contribution in [-0.2, 0) is 0 Å². The molecule has 1 aromatic heterocycles. The van der Waals surface area contributed by atoms with E-state index in [0.29, 0.717) is 32.8 Å². The lowest BCUT2D eigenvalue weighted by atomic mass is 9.97. The summed E-state index contributed by atoms with van der Waals surface area (Å²) in [7, 11) is 0. The van der Waals surface area contributed by atoms with E-state index in [2.05, 4.69) is 15.5 Å². The quantitative estimate of drug-likeness (QED) is 0.596. The van der Waals surface area contributed by atoms with Crippen molar-refractivity contribution in [2.24, 2.45) is 0 Å². The maximum Gasteiger partial charge on any atom is 0.247 e. The number of aliphatic hydroxyl groups is 1. The van der Waals surface area contributed by atoms with Crippen molar-refractivity contribution in [2.45, 2.75) is 32.4 Å². The third-order valence-corrected chi connectivity index (χ3v) is 5.03. The molecule has 28 heavy (non-hydrogen) atoms. The van der Waals surface area contributed by atoms with Gasteiger partial charge in [0.2, 0.25) is 11.8 Å². The van der Waals surface area contributed by atoms with Gasteiger partial charge in [-0.25, -0.2) is 0 Å². The summed E-state index contributed by atoms with van der Waals surface area (Å²) in [5, 5.41) is 32.1. The van der Waals surface area contributed by atoms with Gasteiger partial charge in [-0.2, -0.15) is 5.26 Å². The Morgan fingerprint density at radius 1 is 1.14 bits per heavy atom. The van der Waals surface area contributed by atoms with Gasteiger partial charge in [0.15, 0.2) is 0 Å². The number of rotatable bonds is 5. The predicted molar refractivity (Wildman–Crippen MR) is 108 cm³/mol. The maximum atomic E-state index is 10.7. The van der Waals surface area contributed by atoms with Gasteiger partial charge >= 0.3 is 0 Å². The molecule has 6 nitrogen and oxygen atoms in total. The van der Waals surface area contributed by atoms with Crippen LogP contribution in [0.15, 0.2) is 40.8 Å². The fraction of sp³-hybridized carbons (Fsp3) is 0.250. The van der Waals surface area contributed by atoms with Gasteiger partial charge in [-0.1, -0.05) is 23.2 Å². The first-order valence-corrected chi connectivity index (χ1v) is 9.23. The molecule has 144 valence electrons. The smallest absolute Gasteiger partial charge is 0.247 e. The molecule has 2 aromatic carbocycles. The predicted octanol–water partition coefficient (Wildman–Crippen LogP) is 5.15. The van der Waals surface area contributed by atoms with E-state index in [4.69, 9.17) is 32.9 Å². The molecule has 3 aromatic rings. The summed E-state index contributed by atoms with van der Waals surface area (Å²) in [5.74, 6) is 0.537. The molecule has 2 N–H and O–H groups in total. The largest absolute Gasteiger partial charge is 0.418 e. The van der Waals surface area contributed by atoms with Crippen LogP contribution in [0.2, 0.25) is 10.0 Å². The molecule has 0 saturated heterocycles. The van der Waals surface area contributed by atoms with Crippen molar-refractivity contribution in [3.05, 3.63) is 63.5 Å². The zero-order valence-corrected chi connectivity index (χ0v) is 17.0. The van der Waals surface area contributed by atoms with Crippen LogP contribution in [-0.4, -0.2) is 20.9 Å². The van der Waals surface area contributed by atoms with Gasteiger partial charge in [0.05, 0.1) is 16.2 Å². The van der Waals surface area contributed by atoms with E-state index in [1.807, 2.05) is 6.07 Å². The van der Waals surface area contributed by atoms with Crippen LogP contribution in [0.5, 0.6) is 0 Å². The molecule has 0 aliphatic rings. The highest BCUT2D eigenvalue weighted by atomic mass is 35.5. The Bertz CT molecular complexity index is 1030. The highest BCUT2D eigenvalue weighted by Crippen LogP contribution is 2.34. The summed E-state index contributed by atoms with van der Waals surface area (Å²) >= 11 is 12.2. The first kappa shape index (κ1) is 20.2. The van der Waals surface area contributed by atoms with E-state index in [1.54, 1.807) is 57.2 Å². The number of nitrogens with zero attached hydrogens (tertiary/aromatic N) is 3. The highest BCUT2D eigenvalue weighted by Gasteiger charge is 2.34. The number of nitriles is 1. The summed E-state index contributed by atoms with van der Waals surface area (Å²) in [6.07, 6.45) is 0. The standard InChI is InChI=1S/C20H18Cl2N4O2/c1-11-15(9-6-13(10-23)16(11)22)24-17(20(2,3)27)19-26-25-18(28-19)12-4-7-14(21)8-5-12/h4-9,17,24,27H,1-3H3/t17-/m0/s1. The Labute approximate surface area is 172 Å². The van der Waals surface area contributed by atoms with Crippen LogP contribution < -0.4 is 5.32 Å². The van der Waals surface area contributed by atoms with E-state index >= 15 is 0 Å². The van der Waals surface area contributed by atoms with Crippen LogP contribution in [0.1, 0.15) is 36.9 Å². The average Bonchev–Trinajstić information content (AvgIpc) is 3.12. The van der Waals surface area contributed by atoms with Crippen molar-refractivity contribution in [1.82, 2.24) is 10.2 Å². The topological polar surface area (TPSA) is 95.0 Å². The SMILES string of the molecule is Cc1c(N[C@@H](c2nnc(-c3ccc(Cl)cc3)o2)C(C)(C)O)ccc(C#N)c1Cl. The molecule has 0 amide bonds. The second-order valence-electron chi connectivity index (χ2n) is 6.89. The van der Waals surface area contributed by atoms with Crippen LogP contribution in [0.25, 0.3) is 11.5 Å². The minimum atomic E-state index is -1.23. The molecule has 0 saturated carbocycles. The minimum Gasteiger partial charge on any atom is -0.418 e. The third-order valence-electron chi connectivity index (χ3n) is 4.29. The van der Waals surface area contributed by atoms with Gasteiger partial charge in [-0.15, -0.1) is 10.2 Å². The average molecular weight is 417 g/mol. The van der Waals surface area contributed by atoms with E-state index in [9.17, 15) is 5.11 Å². The molecule has 1 atom stereocenters. The molecular weight excluding hydrogens is 399 g/mol. The summed E-state index contributed by atoms with van der Waals surface area (Å²) in [4.78, 5) is 0. The third kappa shape index (κ3) is 4.12. The normalized spacial score (nSPS) is 12.5. The lowest BCUT2D eigenvalue weighted by molar-refractivity contribution is 0.0502. The number of hydrogen-bond acceptors (Lipinski definition) is 6. The highest BCUT2D eigenvalue weighted by molar-refractivity contribution is 6.32. The first-order valence-electron chi connectivity index (χ1n) is 8.48. The number of benzene rings is 2. The van der Waals surface area contributed by atoms with Crippen molar-refractivity contribution in [3.8, 4) is 17.5 Å². The molecule has 0 aliphatic heterocycles. The van der Waals surface area contributed by atoms with Crippen molar-refractivity contribution < 1.29 is 9.52 Å². The number of anilines is 1. The molecule has 0 aliphatic carbocycles. The lowest BCUT2D eigenvalue weighted by Crippen LogP contribution is -2.34. The van der Waals surface area contributed by atoms with Gasteiger partial charge in [0.1, 0.15) is 12.1 Å². The summed E-state index contributed by atoms with van der Waals surface area (Å²) in [6, 6.07) is 11.7. The van der Waals surface area contributed by atoms with Gasteiger partial charge in [-0.3, -0.25) is 0 Å². The molecule has 0 spiro atoms. The van der Waals surface area contributed by atoms with Gasteiger partial charge in [0, 0.05) is 16.3 Å². The van der Waals surface area contributed by atoms with Gasteiger partial charge in [-0.05, 0) is 62.7 Å². The first-order chi connectivity index (χ1) is 13.2. The van der Waals surface area contributed by atoms with Crippen LogP contribution in [0.3, 0.4) is 0 Å². The Hall–Kier alpha value is -2.59. The fourth-order valence-corrected chi connectivity index (χ4v) is 3.02. The molecule has 0 radical (unpaired) electrons. The Morgan fingerprint density at radius 2 is 1.82 bits per heavy atom. The van der Waals surface area contributed by atoms with Crippen molar-refractivity contribution in [3.63, 3.8) is 0 Å². The van der Waals surface area contributed by atoms with Crippen molar-refractivity contribution in [1.29, 1.82) is 5.26 Å². The maximum absolute atomic E-state index is 10.7. The zero-order valence-electron chi connectivity index (χ0n) is 15.5. The number of hydrogen-bond donors (Lipinski definition) is 2. The van der Waals surface area contributed by atoms with Crippen molar-refractivity contribution in [2.75, 3.05) is 5.32 Å². The van der Waals surface area contributed by atoms with Crippen LogP contribution in [0.4, 0.5) is 5.69 Å². The number of aromatic nitrogens is 2.